The van der Waals surface area contributed by atoms with E-state index in [4.69, 9.17) is 4.74 Å². The van der Waals surface area contributed by atoms with Gasteiger partial charge in [0.05, 0.1) is 47.2 Å². The van der Waals surface area contributed by atoms with Crippen molar-refractivity contribution < 1.29 is 19.1 Å². The number of amides is 3. The number of thiazole rings is 1. The van der Waals surface area contributed by atoms with Gasteiger partial charge >= 0.3 is 0 Å². The smallest absolute Gasteiger partial charge is 0.264 e. The number of rotatable bonds is 5. The van der Waals surface area contributed by atoms with Crippen LogP contribution in [0.4, 0.5) is 5.69 Å². The number of carbonyl (C=O) groups excluding carboxylic acids is 3. The minimum absolute atomic E-state index is 0.0195. The molecular formula is C30H32N4O4S. The average Bonchev–Trinajstić information content (AvgIpc) is 3.52. The van der Waals surface area contributed by atoms with Gasteiger partial charge in [0.25, 0.3) is 11.8 Å². The van der Waals surface area contributed by atoms with Gasteiger partial charge in [-0.2, -0.15) is 0 Å². The van der Waals surface area contributed by atoms with Crippen LogP contribution in [0, 0.1) is 5.92 Å². The highest BCUT2D eigenvalue weighted by atomic mass is 32.1. The first-order chi connectivity index (χ1) is 18.9. The van der Waals surface area contributed by atoms with Crippen molar-refractivity contribution in [2.45, 2.75) is 45.4 Å². The zero-order valence-electron chi connectivity index (χ0n) is 22.2. The van der Waals surface area contributed by atoms with Crippen LogP contribution < -0.4 is 4.90 Å². The molecule has 2 fully saturated rings. The topological polar surface area (TPSA) is 83.1 Å². The second-order valence-electron chi connectivity index (χ2n) is 10.7. The Hall–Kier alpha value is -3.56. The zero-order chi connectivity index (χ0) is 27.1. The molecule has 3 aliphatic rings. The fourth-order valence-corrected chi connectivity index (χ4v) is 6.79. The maximum absolute atomic E-state index is 13.7. The van der Waals surface area contributed by atoms with Gasteiger partial charge in [0.15, 0.2) is 0 Å². The second kappa shape index (κ2) is 10.5. The van der Waals surface area contributed by atoms with Crippen LogP contribution in [0.15, 0.2) is 53.9 Å². The molecule has 8 nitrogen and oxygen atoms in total. The molecule has 0 unspecified atom stereocenters. The number of piperidine rings is 1. The van der Waals surface area contributed by atoms with E-state index in [0.29, 0.717) is 35.8 Å². The van der Waals surface area contributed by atoms with Crippen LogP contribution in [0.3, 0.4) is 0 Å². The Morgan fingerprint density at radius 1 is 1.00 bits per heavy atom. The molecule has 3 atom stereocenters. The van der Waals surface area contributed by atoms with Crippen molar-refractivity contribution in [1.82, 2.24) is 14.8 Å². The molecule has 0 bridgehead atoms. The van der Waals surface area contributed by atoms with Crippen LogP contribution in [0.1, 0.15) is 52.4 Å². The molecule has 6 rings (SSSR count). The first kappa shape index (κ1) is 25.7. The number of anilines is 1. The summed E-state index contributed by atoms with van der Waals surface area (Å²) in [5.41, 5.74) is 3.42. The summed E-state index contributed by atoms with van der Waals surface area (Å²) in [5.74, 6) is -0.598. The minimum Gasteiger partial charge on any atom is -0.372 e. The molecule has 0 saturated carbocycles. The number of nitrogens with zero attached hydrogens (tertiary/aromatic N) is 4. The van der Waals surface area contributed by atoms with Crippen LogP contribution in [0.25, 0.3) is 11.3 Å². The highest BCUT2D eigenvalue weighted by molar-refractivity contribution is 7.10. The molecule has 0 aliphatic carbocycles. The van der Waals surface area contributed by atoms with Gasteiger partial charge in [-0.15, -0.1) is 11.3 Å². The fraction of sp³-hybridized carbons (Fsp3) is 0.400. The van der Waals surface area contributed by atoms with Gasteiger partial charge in [0, 0.05) is 37.1 Å². The fourth-order valence-electron chi connectivity index (χ4n) is 6.00. The Morgan fingerprint density at radius 2 is 1.77 bits per heavy atom. The average molecular weight is 545 g/mol. The lowest BCUT2D eigenvalue weighted by atomic mass is 9.94. The zero-order valence-corrected chi connectivity index (χ0v) is 23.0. The third-order valence-corrected chi connectivity index (χ3v) is 8.57. The summed E-state index contributed by atoms with van der Waals surface area (Å²) in [7, 11) is 0. The highest BCUT2D eigenvalue weighted by Crippen LogP contribution is 2.35. The van der Waals surface area contributed by atoms with Gasteiger partial charge < -0.3 is 14.5 Å². The van der Waals surface area contributed by atoms with Crippen molar-refractivity contribution in [3.8, 4) is 11.3 Å². The molecular weight excluding hydrogens is 512 g/mol. The van der Waals surface area contributed by atoms with Crippen molar-refractivity contribution in [3.63, 3.8) is 0 Å². The number of ether oxygens (including phenoxy) is 1. The van der Waals surface area contributed by atoms with Gasteiger partial charge in [-0.3, -0.25) is 19.3 Å². The Bertz CT molecular complexity index is 1400. The summed E-state index contributed by atoms with van der Waals surface area (Å²) < 4.78 is 5.81. The molecule has 3 amide bonds. The van der Waals surface area contributed by atoms with Crippen molar-refractivity contribution in [2.75, 3.05) is 31.1 Å². The molecule has 0 N–H and O–H groups in total. The van der Waals surface area contributed by atoms with Crippen molar-refractivity contribution >= 4 is 34.7 Å². The van der Waals surface area contributed by atoms with E-state index in [1.165, 1.54) is 16.2 Å². The molecule has 1 aromatic heterocycles. The number of aromatic nitrogens is 1. The predicted molar refractivity (Wildman–Crippen MR) is 150 cm³/mol. The summed E-state index contributed by atoms with van der Waals surface area (Å²) in [6.45, 7) is 6.61. The number of fused-ring (bicyclic) bond motifs is 1. The van der Waals surface area contributed by atoms with Crippen LogP contribution in [0.5, 0.6) is 0 Å². The quantitative estimate of drug-likeness (QED) is 0.441. The van der Waals surface area contributed by atoms with Gasteiger partial charge in [-0.25, -0.2) is 4.98 Å². The number of morpholine rings is 1. The lowest BCUT2D eigenvalue weighted by Crippen LogP contribution is -2.52. The first-order valence-corrected chi connectivity index (χ1v) is 14.4. The van der Waals surface area contributed by atoms with E-state index in [1.54, 1.807) is 6.07 Å². The number of hydrogen-bond donors (Lipinski definition) is 0. The lowest BCUT2D eigenvalue weighted by molar-refractivity contribution is -0.147. The molecule has 202 valence electrons. The van der Waals surface area contributed by atoms with E-state index in [0.717, 1.165) is 36.3 Å². The molecule has 0 radical (unpaired) electrons. The molecule has 3 aromatic rings. The molecule has 4 heterocycles. The predicted octanol–water partition coefficient (Wildman–Crippen LogP) is 4.46. The van der Waals surface area contributed by atoms with Crippen LogP contribution in [-0.2, 0) is 16.1 Å². The normalized spacial score (nSPS) is 23.3. The third kappa shape index (κ3) is 4.96. The molecule has 2 saturated heterocycles. The monoisotopic (exact) mass is 544 g/mol. The Labute approximate surface area is 232 Å². The summed E-state index contributed by atoms with van der Waals surface area (Å²) in [4.78, 5) is 50.5. The third-order valence-electron chi connectivity index (χ3n) is 7.73. The van der Waals surface area contributed by atoms with Crippen molar-refractivity contribution in [1.29, 1.82) is 0 Å². The van der Waals surface area contributed by atoms with Crippen LogP contribution >= 0.6 is 11.3 Å². The standard InChI is InChI=1S/C30H32N4O4S/c1-19-14-33(15-20(2)38-19)28(35)22-10-7-13-32(16-22)25-12-6-11-23-27(25)30(37)34(29(23)36)17-26-31-24(18-39-26)21-8-4-3-5-9-21/h3-6,8-9,11-12,18-20,22H,7,10,13-17H2,1-2H3/t19-,20+,22-/m0/s1. The molecule has 39 heavy (non-hydrogen) atoms. The van der Waals surface area contributed by atoms with Crippen LogP contribution in [-0.4, -0.2) is 70.9 Å². The number of imide groups is 1. The SMILES string of the molecule is C[C@@H]1CN(C(=O)[C@H]2CCCN(c3cccc4c3C(=O)N(Cc3nc(-c5ccccc5)cs3)C4=O)C2)C[C@H](C)O1. The Balaban J connectivity index is 1.20. The van der Waals surface area contributed by atoms with Gasteiger partial charge in [-0.1, -0.05) is 36.4 Å². The van der Waals surface area contributed by atoms with Gasteiger partial charge in [0.1, 0.15) is 5.01 Å². The molecule has 9 heteroatoms. The van der Waals surface area contributed by atoms with E-state index in [2.05, 4.69) is 9.88 Å². The van der Waals surface area contributed by atoms with Crippen LogP contribution in [0.2, 0.25) is 0 Å². The Morgan fingerprint density at radius 3 is 2.54 bits per heavy atom. The lowest BCUT2D eigenvalue weighted by Gasteiger charge is -2.40. The number of hydrogen-bond acceptors (Lipinski definition) is 7. The minimum atomic E-state index is -0.300. The van der Waals surface area contributed by atoms with E-state index in [-0.39, 0.29) is 42.4 Å². The largest absolute Gasteiger partial charge is 0.372 e. The van der Waals surface area contributed by atoms with Gasteiger partial charge in [0.2, 0.25) is 5.91 Å². The molecule has 0 spiro atoms. The molecule has 2 aromatic carbocycles. The van der Waals surface area contributed by atoms with Crippen molar-refractivity contribution in [2.24, 2.45) is 5.92 Å². The summed E-state index contributed by atoms with van der Waals surface area (Å²) >= 11 is 1.44. The highest BCUT2D eigenvalue weighted by Gasteiger charge is 2.40. The first-order valence-electron chi connectivity index (χ1n) is 13.6. The second-order valence-corrected chi connectivity index (χ2v) is 11.6. The Kier molecular flexibility index (Phi) is 6.95. The van der Waals surface area contributed by atoms with E-state index in [9.17, 15) is 14.4 Å². The summed E-state index contributed by atoms with van der Waals surface area (Å²) in [6, 6.07) is 15.3. The van der Waals surface area contributed by atoms with Crippen molar-refractivity contribution in [3.05, 3.63) is 70.0 Å². The maximum atomic E-state index is 13.7. The van der Waals surface area contributed by atoms with E-state index >= 15 is 0 Å². The van der Waals surface area contributed by atoms with Gasteiger partial charge in [-0.05, 0) is 38.8 Å². The maximum Gasteiger partial charge on any atom is 0.264 e. The summed E-state index contributed by atoms with van der Waals surface area (Å²) in [5, 5.41) is 2.66. The molecule has 3 aliphatic heterocycles. The summed E-state index contributed by atoms with van der Waals surface area (Å²) in [6.07, 6.45) is 1.71. The number of benzene rings is 2. The number of carbonyl (C=O) groups is 3. The van der Waals surface area contributed by atoms with E-state index < -0.39 is 0 Å². The van der Waals surface area contributed by atoms with E-state index in [1.807, 2.05) is 66.6 Å².